The summed E-state index contributed by atoms with van der Waals surface area (Å²) in [5.74, 6) is 1.69. The van der Waals surface area contributed by atoms with E-state index in [9.17, 15) is 14.7 Å². The van der Waals surface area contributed by atoms with Gasteiger partial charge in [0.05, 0.1) is 19.8 Å². The summed E-state index contributed by atoms with van der Waals surface area (Å²) in [6.45, 7) is 5.86. The van der Waals surface area contributed by atoms with Crippen LogP contribution in [-0.4, -0.2) is 55.0 Å². The van der Waals surface area contributed by atoms with Crippen LogP contribution in [0.15, 0.2) is 66.7 Å². The Balaban J connectivity index is 1.35. The number of phenolic OH excluding ortho intramolecular Hbond substituents is 1. The molecule has 1 fully saturated rings. The lowest BCUT2D eigenvalue weighted by atomic mass is 9.94. The Bertz CT molecular complexity index is 1300. The Hall–Kier alpha value is -3.84. The number of benzene rings is 3. The number of carbonyl (C=O) groups is 2. The molecule has 1 amide bonds. The molecule has 230 valence electrons. The second-order valence-corrected chi connectivity index (χ2v) is 11.5. The fourth-order valence-corrected chi connectivity index (χ4v) is 5.63. The van der Waals surface area contributed by atoms with E-state index >= 15 is 0 Å². The second kappa shape index (κ2) is 16.7. The van der Waals surface area contributed by atoms with Gasteiger partial charge in [0.15, 0.2) is 5.78 Å². The fourth-order valence-electron chi connectivity index (χ4n) is 5.63. The topological polar surface area (TPSA) is 88.1 Å². The molecular weight excluding hydrogens is 540 g/mol. The van der Waals surface area contributed by atoms with Gasteiger partial charge in [0.2, 0.25) is 5.91 Å². The molecule has 7 nitrogen and oxygen atoms in total. The molecule has 2 N–H and O–H groups in total. The summed E-state index contributed by atoms with van der Waals surface area (Å²) in [6, 6.07) is 20.3. The maximum absolute atomic E-state index is 13.1. The lowest BCUT2D eigenvalue weighted by Gasteiger charge is -2.23. The summed E-state index contributed by atoms with van der Waals surface area (Å²) in [7, 11) is 1.60. The van der Waals surface area contributed by atoms with E-state index in [1.54, 1.807) is 43.5 Å². The first-order valence-electron chi connectivity index (χ1n) is 15.6. The molecule has 1 aliphatic heterocycles. The van der Waals surface area contributed by atoms with E-state index in [-0.39, 0.29) is 23.5 Å². The van der Waals surface area contributed by atoms with Gasteiger partial charge < -0.3 is 24.8 Å². The van der Waals surface area contributed by atoms with Crippen molar-refractivity contribution in [2.24, 2.45) is 0 Å². The Morgan fingerprint density at radius 2 is 1.60 bits per heavy atom. The number of hydrogen-bond donors (Lipinski definition) is 2. The number of rotatable bonds is 17. The molecule has 0 radical (unpaired) electrons. The first-order chi connectivity index (χ1) is 20.9. The molecule has 0 spiro atoms. The van der Waals surface area contributed by atoms with Crippen LogP contribution in [-0.2, 0) is 11.2 Å². The number of unbranched alkanes of at least 4 members (excludes halogenated alkanes) is 1. The average Bonchev–Trinajstić information content (AvgIpc) is 3.54. The molecule has 43 heavy (non-hydrogen) atoms. The molecule has 1 heterocycles. The zero-order valence-electron chi connectivity index (χ0n) is 25.6. The van der Waals surface area contributed by atoms with E-state index in [4.69, 9.17) is 9.47 Å². The summed E-state index contributed by atoms with van der Waals surface area (Å²) in [6.07, 6.45) is 6.99. The van der Waals surface area contributed by atoms with Crippen LogP contribution in [0, 0.1) is 6.92 Å². The predicted molar refractivity (Wildman–Crippen MR) is 170 cm³/mol. The molecular formula is C36H46N2O5. The SMILES string of the molecule is COc1ccc(C(=O)CCCCC(=O)NC(CCOc2ccc(C)cc2)c2cc(O)ccc2CCCN2CCCC2)cc1. The highest BCUT2D eigenvalue weighted by atomic mass is 16.5. The maximum Gasteiger partial charge on any atom is 0.220 e. The fraction of sp³-hybridized carbons (Fsp3) is 0.444. The molecule has 1 atom stereocenters. The van der Waals surface area contributed by atoms with E-state index in [1.165, 1.54) is 31.5 Å². The van der Waals surface area contributed by atoms with Gasteiger partial charge in [-0.15, -0.1) is 0 Å². The molecule has 0 aromatic heterocycles. The number of likely N-dealkylation sites (tertiary alicyclic amines) is 1. The van der Waals surface area contributed by atoms with E-state index in [2.05, 4.69) is 10.2 Å². The van der Waals surface area contributed by atoms with Crippen LogP contribution < -0.4 is 14.8 Å². The van der Waals surface area contributed by atoms with Gasteiger partial charge in [0, 0.05) is 24.8 Å². The van der Waals surface area contributed by atoms with Crippen molar-refractivity contribution in [2.75, 3.05) is 33.4 Å². The number of aromatic hydroxyl groups is 1. The lowest BCUT2D eigenvalue weighted by molar-refractivity contribution is -0.122. The number of phenols is 1. The summed E-state index contributed by atoms with van der Waals surface area (Å²) in [5.41, 5.74) is 3.90. The molecule has 0 aliphatic carbocycles. The number of ketones is 1. The Labute approximate surface area is 256 Å². The van der Waals surface area contributed by atoms with Crippen molar-refractivity contribution >= 4 is 11.7 Å². The van der Waals surface area contributed by atoms with Gasteiger partial charge in [-0.05, 0) is 125 Å². The van der Waals surface area contributed by atoms with E-state index in [0.29, 0.717) is 50.0 Å². The second-order valence-electron chi connectivity index (χ2n) is 11.5. The van der Waals surface area contributed by atoms with Crippen LogP contribution in [0.4, 0.5) is 0 Å². The number of nitrogens with zero attached hydrogens (tertiary/aromatic N) is 1. The van der Waals surface area contributed by atoms with Crippen LogP contribution in [0.3, 0.4) is 0 Å². The monoisotopic (exact) mass is 586 g/mol. The smallest absolute Gasteiger partial charge is 0.220 e. The molecule has 7 heteroatoms. The van der Waals surface area contributed by atoms with Crippen molar-refractivity contribution < 1.29 is 24.2 Å². The first-order valence-corrected chi connectivity index (χ1v) is 15.6. The van der Waals surface area contributed by atoms with E-state index in [1.807, 2.05) is 37.3 Å². The number of nitrogens with one attached hydrogen (secondary N) is 1. The van der Waals surface area contributed by atoms with Crippen molar-refractivity contribution in [1.29, 1.82) is 0 Å². The average molecular weight is 587 g/mol. The van der Waals surface area contributed by atoms with Gasteiger partial charge in [-0.25, -0.2) is 0 Å². The highest BCUT2D eigenvalue weighted by Crippen LogP contribution is 2.28. The summed E-state index contributed by atoms with van der Waals surface area (Å²) in [4.78, 5) is 28.2. The molecule has 0 saturated carbocycles. The summed E-state index contributed by atoms with van der Waals surface area (Å²) >= 11 is 0. The minimum atomic E-state index is -0.298. The Morgan fingerprint density at radius 3 is 2.33 bits per heavy atom. The number of ether oxygens (including phenoxy) is 2. The first kappa shape index (κ1) is 32.1. The third kappa shape index (κ3) is 10.4. The Morgan fingerprint density at radius 1 is 0.907 bits per heavy atom. The third-order valence-corrected chi connectivity index (χ3v) is 8.13. The van der Waals surface area contributed by atoms with Crippen LogP contribution in [0.1, 0.15) is 84.5 Å². The largest absolute Gasteiger partial charge is 0.508 e. The molecule has 1 saturated heterocycles. The predicted octanol–water partition coefficient (Wildman–Crippen LogP) is 6.81. The number of carbonyl (C=O) groups excluding carboxylic acids is 2. The van der Waals surface area contributed by atoms with Crippen LogP contribution in [0.2, 0.25) is 0 Å². The van der Waals surface area contributed by atoms with Crippen LogP contribution in [0.25, 0.3) is 0 Å². The third-order valence-electron chi connectivity index (χ3n) is 8.13. The molecule has 3 aromatic carbocycles. The minimum Gasteiger partial charge on any atom is -0.508 e. The van der Waals surface area contributed by atoms with Crippen molar-refractivity contribution in [2.45, 2.75) is 70.8 Å². The van der Waals surface area contributed by atoms with E-state index < -0.39 is 0 Å². The minimum absolute atomic E-state index is 0.0625. The van der Waals surface area contributed by atoms with Crippen molar-refractivity contribution in [3.05, 3.63) is 89.0 Å². The molecule has 4 rings (SSSR count). The number of hydrogen-bond acceptors (Lipinski definition) is 6. The lowest BCUT2D eigenvalue weighted by Crippen LogP contribution is -2.30. The quantitative estimate of drug-likeness (QED) is 0.134. The normalized spacial score (nSPS) is 13.9. The highest BCUT2D eigenvalue weighted by Gasteiger charge is 2.20. The Kier molecular flexibility index (Phi) is 12.5. The van der Waals surface area contributed by atoms with Gasteiger partial charge in [-0.1, -0.05) is 23.8 Å². The standard InChI is InChI=1S/C36H46N2O5/c1-27-11-17-32(18-12-27)43-25-21-34(33-26-30(39)16-13-28(33)8-7-24-38-22-5-6-23-38)37-36(41)10-4-3-9-35(40)29-14-19-31(42-2)20-15-29/h11-20,26,34,39H,3-10,21-25H2,1-2H3,(H,37,41). The van der Waals surface area contributed by atoms with Gasteiger partial charge >= 0.3 is 0 Å². The number of methoxy groups -OCH3 is 1. The highest BCUT2D eigenvalue weighted by molar-refractivity contribution is 5.96. The van der Waals surface area contributed by atoms with Gasteiger partial charge in [0.1, 0.15) is 17.2 Å². The van der Waals surface area contributed by atoms with Crippen LogP contribution in [0.5, 0.6) is 17.2 Å². The molecule has 1 unspecified atom stereocenters. The van der Waals surface area contributed by atoms with Crippen LogP contribution >= 0.6 is 0 Å². The zero-order chi connectivity index (χ0) is 30.4. The molecule has 0 bridgehead atoms. The van der Waals surface area contributed by atoms with Crippen molar-refractivity contribution in [3.8, 4) is 17.2 Å². The van der Waals surface area contributed by atoms with Crippen molar-refractivity contribution in [3.63, 3.8) is 0 Å². The summed E-state index contributed by atoms with van der Waals surface area (Å²) in [5, 5.41) is 13.6. The number of Topliss-reactive ketones (excluding diaryl/α,β-unsaturated/α-hetero) is 1. The number of aryl methyl sites for hydroxylation is 2. The van der Waals surface area contributed by atoms with Gasteiger partial charge in [-0.2, -0.15) is 0 Å². The van der Waals surface area contributed by atoms with Gasteiger partial charge in [-0.3, -0.25) is 9.59 Å². The van der Waals surface area contributed by atoms with Gasteiger partial charge in [0.25, 0.3) is 0 Å². The van der Waals surface area contributed by atoms with E-state index in [0.717, 1.165) is 36.3 Å². The molecule has 3 aromatic rings. The zero-order valence-corrected chi connectivity index (χ0v) is 25.6. The molecule has 1 aliphatic rings. The number of amides is 1. The van der Waals surface area contributed by atoms with Crippen molar-refractivity contribution in [1.82, 2.24) is 10.2 Å². The maximum atomic E-state index is 13.1. The summed E-state index contributed by atoms with van der Waals surface area (Å²) < 4.78 is 11.2.